The summed E-state index contributed by atoms with van der Waals surface area (Å²) in [5.74, 6) is -1.17. The molecule has 0 fully saturated rings. The molecule has 0 saturated heterocycles. The first-order valence-electron chi connectivity index (χ1n) is 5.75. The van der Waals surface area contributed by atoms with E-state index in [1.54, 1.807) is 11.8 Å². The Kier molecular flexibility index (Phi) is 2.71. The van der Waals surface area contributed by atoms with Crippen molar-refractivity contribution in [2.45, 2.75) is 17.1 Å². The Hall–Kier alpha value is -2.01. The first kappa shape index (κ1) is 12.0. The fourth-order valence-corrected chi connectivity index (χ4v) is 3.37. The molecule has 3 rings (SSSR count). The van der Waals surface area contributed by atoms with E-state index in [-0.39, 0.29) is 16.4 Å². The summed E-state index contributed by atoms with van der Waals surface area (Å²) in [6.07, 6.45) is 0. The number of aromatic carboxylic acids is 1. The summed E-state index contributed by atoms with van der Waals surface area (Å²) in [4.78, 5) is 24.1. The highest BCUT2D eigenvalue weighted by Gasteiger charge is 2.28. The zero-order chi connectivity index (χ0) is 13.6. The monoisotopic (exact) mass is 274 g/mol. The minimum atomic E-state index is -1.23. The fraction of sp³-hybridized carbons (Fsp3) is 0.143. The van der Waals surface area contributed by atoms with Crippen LogP contribution in [0.1, 0.15) is 28.3 Å². The summed E-state index contributed by atoms with van der Waals surface area (Å²) in [6, 6.07) is 8.57. The van der Waals surface area contributed by atoms with Crippen molar-refractivity contribution < 1.29 is 14.3 Å². The van der Waals surface area contributed by atoms with Gasteiger partial charge in [0.2, 0.25) is 5.76 Å². The quantitative estimate of drug-likeness (QED) is 0.865. The van der Waals surface area contributed by atoms with Crippen LogP contribution in [-0.2, 0) is 0 Å². The zero-order valence-electron chi connectivity index (χ0n) is 10.0. The number of carboxylic acid groups (broad SMARTS) is 1. The maximum Gasteiger partial charge on any atom is 0.371 e. The Morgan fingerprint density at radius 2 is 2.11 bits per heavy atom. The lowest BCUT2D eigenvalue weighted by atomic mass is 10.0. The van der Waals surface area contributed by atoms with Crippen molar-refractivity contribution in [3.8, 4) is 11.3 Å². The van der Waals surface area contributed by atoms with Gasteiger partial charge in [0.05, 0.1) is 5.56 Å². The van der Waals surface area contributed by atoms with Crippen molar-refractivity contribution in [2.75, 3.05) is 0 Å². The Bertz CT molecular complexity index is 732. The van der Waals surface area contributed by atoms with E-state index in [2.05, 4.69) is 0 Å². The van der Waals surface area contributed by atoms with Gasteiger partial charge in [-0.3, -0.25) is 4.79 Å². The van der Waals surface area contributed by atoms with Gasteiger partial charge in [-0.05, 0) is 13.0 Å². The van der Waals surface area contributed by atoms with Crippen molar-refractivity contribution in [1.29, 1.82) is 0 Å². The third-order valence-electron chi connectivity index (χ3n) is 3.04. The standard InChI is InChI=1S/C14H10O4S/c1-7-12-9(15)6-10(14(16)17)18-13(12)8-4-2-3-5-11(8)19-7/h2-7H,1H3,(H,16,17)/t7-/m0/s1. The summed E-state index contributed by atoms with van der Waals surface area (Å²) in [5.41, 5.74) is 1.03. The molecule has 2 heterocycles. The third-order valence-corrected chi connectivity index (χ3v) is 4.24. The molecule has 19 heavy (non-hydrogen) atoms. The van der Waals surface area contributed by atoms with E-state index < -0.39 is 5.97 Å². The molecule has 0 unspecified atom stereocenters. The van der Waals surface area contributed by atoms with Gasteiger partial charge >= 0.3 is 5.97 Å². The smallest absolute Gasteiger partial charge is 0.371 e. The molecule has 1 aromatic heterocycles. The normalized spacial score (nSPS) is 16.6. The van der Waals surface area contributed by atoms with Crippen LogP contribution in [0.5, 0.6) is 0 Å². The second-order valence-corrected chi connectivity index (χ2v) is 5.66. The second-order valence-electron chi connectivity index (χ2n) is 4.28. The van der Waals surface area contributed by atoms with Gasteiger partial charge in [-0.2, -0.15) is 0 Å². The molecule has 0 aliphatic carbocycles. The molecule has 2 aromatic rings. The minimum Gasteiger partial charge on any atom is -0.475 e. The molecule has 1 atom stereocenters. The van der Waals surface area contributed by atoms with Gasteiger partial charge in [-0.25, -0.2) is 4.79 Å². The van der Waals surface area contributed by atoms with Crippen LogP contribution in [0.2, 0.25) is 0 Å². The van der Waals surface area contributed by atoms with Gasteiger partial charge in [-0.1, -0.05) is 18.2 Å². The highest BCUT2D eigenvalue weighted by molar-refractivity contribution is 7.99. The van der Waals surface area contributed by atoms with E-state index in [1.165, 1.54) is 0 Å². The summed E-state index contributed by atoms with van der Waals surface area (Å²) in [6.45, 7) is 1.91. The number of thioether (sulfide) groups is 1. The maximum atomic E-state index is 12.1. The van der Waals surface area contributed by atoms with Gasteiger partial charge in [0.15, 0.2) is 5.43 Å². The van der Waals surface area contributed by atoms with E-state index >= 15 is 0 Å². The van der Waals surface area contributed by atoms with Gasteiger partial charge in [-0.15, -0.1) is 11.8 Å². The predicted octanol–water partition coefficient (Wildman–Crippen LogP) is 3.17. The molecule has 0 bridgehead atoms. The SMILES string of the molecule is C[C@@H]1Sc2ccccc2-c2oc(C(=O)O)cc(=O)c21. The number of carbonyl (C=O) groups is 1. The number of hydrogen-bond donors (Lipinski definition) is 1. The van der Waals surface area contributed by atoms with Crippen LogP contribution in [0.25, 0.3) is 11.3 Å². The first-order valence-corrected chi connectivity index (χ1v) is 6.63. The Morgan fingerprint density at radius 3 is 2.84 bits per heavy atom. The van der Waals surface area contributed by atoms with Crippen molar-refractivity contribution in [2.24, 2.45) is 0 Å². The minimum absolute atomic E-state index is 0.0519. The van der Waals surface area contributed by atoms with Crippen LogP contribution in [0.3, 0.4) is 0 Å². The molecular formula is C14H10O4S. The average Bonchev–Trinajstić information content (AvgIpc) is 2.38. The largest absolute Gasteiger partial charge is 0.475 e. The molecule has 5 heteroatoms. The van der Waals surface area contributed by atoms with Gasteiger partial charge in [0.1, 0.15) is 5.76 Å². The van der Waals surface area contributed by atoms with Crippen molar-refractivity contribution >= 4 is 17.7 Å². The molecule has 0 spiro atoms. The van der Waals surface area contributed by atoms with Crippen molar-refractivity contribution in [3.63, 3.8) is 0 Å². The lowest BCUT2D eigenvalue weighted by molar-refractivity contribution is 0.0660. The van der Waals surface area contributed by atoms with Gasteiger partial charge < -0.3 is 9.52 Å². The molecular weight excluding hydrogens is 264 g/mol. The van der Waals surface area contributed by atoms with E-state index in [0.717, 1.165) is 16.5 Å². The van der Waals surface area contributed by atoms with E-state index in [9.17, 15) is 9.59 Å². The summed E-state index contributed by atoms with van der Waals surface area (Å²) < 4.78 is 5.43. The Balaban J connectivity index is 2.36. The molecule has 1 N–H and O–H groups in total. The molecule has 4 nitrogen and oxygen atoms in total. The highest BCUT2D eigenvalue weighted by Crippen LogP contribution is 2.47. The molecule has 1 aromatic carbocycles. The van der Waals surface area contributed by atoms with Crippen LogP contribution in [0, 0.1) is 0 Å². The van der Waals surface area contributed by atoms with Crippen LogP contribution in [0.15, 0.2) is 44.4 Å². The molecule has 1 aliphatic heterocycles. The number of hydrogen-bond acceptors (Lipinski definition) is 4. The third kappa shape index (κ3) is 1.86. The summed E-state index contributed by atoms with van der Waals surface area (Å²) in [7, 11) is 0. The number of rotatable bonds is 1. The number of benzene rings is 1. The second kappa shape index (κ2) is 4.28. The Morgan fingerprint density at radius 1 is 1.37 bits per heavy atom. The van der Waals surface area contributed by atoms with Crippen LogP contribution in [-0.4, -0.2) is 11.1 Å². The lowest BCUT2D eigenvalue weighted by Crippen LogP contribution is -2.16. The predicted molar refractivity (Wildman–Crippen MR) is 71.6 cm³/mol. The molecule has 0 amide bonds. The van der Waals surface area contributed by atoms with E-state index in [0.29, 0.717) is 11.3 Å². The highest BCUT2D eigenvalue weighted by atomic mass is 32.2. The fourth-order valence-electron chi connectivity index (χ4n) is 2.20. The van der Waals surface area contributed by atoms with Crippen molar-refractivity contribution in [1.82, 2.24) is 0 Å². The number of carboxylic acids is 1. The maximum absolute atomic E-state index is 12.1. The summed E-state index contributed by atoms with van der Waals surface area (Å²) >= 11 is 1.58. The molecule has 1 aliphatic rings. The van der Waals surface area contributed by atoms with Crippen LogP contribution < -0.4 is 5.43 Å². The van der Waals surface area contributed by atoms with Crippen LogP contribution in [0.4, 0.5) is 0 Å². The van der Waals surface area contributed by atoms with E-state index in [1.807, 2.05) is 31.2 Å². The lowest BCUT2D eigenvalue weighted by Gasteiger charge is -2.22. The molecule has 0 saturated carbocycles. The Labute approximate surface area is 113 Å². The van der Waals surface area contributed by atoms with Gasteiger partial charge in [0, 0.05) is 21.8 Å². The average molecular weight is 274 g/mol. The first-order chi connectivity index (χ1) is 9.08. The zero-order valence-corrected chi connectivity index (χ0v) is 10.9. The van der Waals surface area contributed by atoms with Crippen LogP contribution >= 0.6 is 11.8 Å². The molecule has 96 valence electrons. The summed E-state index contributed by atoms with van der Waals surface area (Å²) in [5, 5.41) is 8.94. The topological polar surface area (TPSA) is 67.5 Å². The van der Waals surface area contributed by atoms with E-state index in [4.69, 9.17) is 9.52 Å². The van der Waals surface area contributed by atoms with Gasteiger partial charge in [0.25, 0.3) is 0 Å². The van der Waals surface area contributed by atoms with Crippen molar-refractivity contribution in [3.05, 3.63) is 51.9 Å². The number of fused-ring (bicyclic) bond motifs is 3. The molecule has 0 radical (unpaired) electrons.